The lowest BCUT2D eigenvalue weighted by molar-refractivity contribution is 0.195. The molecule has 1 heterocycles. The summed E-state index contributed by atoms with van der Waals surface area (Å²) in [5.74, 6) is 0.975. The van der Waals surface area contributed by atoms with Gasteiger partial charge in [0.15, 0.2) is 5.76 Å². The Morgan fingerprint density at radius 1 is 1.26 bits per heavy atom. The number of rotatable bonds is 7. The summed E-state index contributed by atoms with van der Waals surface area (Å²) in [6.07, 6.45) is 6.51. The van der Waals surface area contributed by atoms with Crippen molar-refractivity contribution in [2.45, 2.75) is 51.6 Å². The number of aryl methyl sites for hydroxylation is 1. The predicted molar refractivity (Wildman–Crippen MR) is 77.1 cm³/mol. The molecule has 1 aliphatic rings. The van der Waals surface area contributed by atoms with E-state index in [4.69, 9.17) is 4.52 Å². The van der Waals surface area contributed by atoms with Crippen LogP contribution in [0.25, 0.3) is 0 Å². The molecule has 0 N–H and O–H groups in total. The Labute approximate surface area is 116 Å². The van der Waals surface area contributed by atoms with Crippen molar-refractivity contribution in [3.8, 4) is 0 Å². The summed E-state index contributed by atoms with van der Waals surface area (Å²) in [6.45, 7) is 5.17. The molecule has 0 saturated heterocycles. The van der Waals surface area contributed by atoms with E-state index in [-0.39, 0.29) is 0 Å². The van der Waals surface area contributed by atoms with Crippen molar-refractivity contribution in [2.24, 2.45) is 0 Å². The molecule has 1 aromatic heterocycles. The first-order chi connectivity index (χ1) is 9.19. The van der Waals surface area contributed by atoms with Crippen molar-refractivity contribution in [3.05, 3.63) is 17.5 Å². The minimum atomic E-state index is 0.811. The fraction of sp³-hybridized carbons (Fsp3) is 0.800. The molecule has 0 bridgehead atoms. The molecule has 108 valence electrons. The first-order valence-electron chi connectivity index (χ1n) is 7.52. The van der Waals surface area contributed by atoms with Crippen molar-refractivity contribution >= 4 is 0 Å². The molecule has 1 fully saturated rings. The van der Waals surface area contributed by atoms with Crippen LogP contribution in [0.3, 0.4) is 0 Å². The van der Waals surface area contributed by atoms with Gasteiger partial charge >= 0.3 is 0 Å². The lowest BCUT2D eigenvalue weighted by Crippen LogP contribution is -2.36. The molecule has 4 heteroatoms. The maximum absolute atomic E-state index is 5.33. The van der Waals surface area contributed by atoms with Gasteiger partial charge in [0.05, 0.1) is 12.2 Å². The zero-order chi connectivity index (χ0) is 13.7. The highest BCUT2D eigenvalue weighted by atomic mass is 16.5. The highest BCUT2D eigenvalue weighted by Gasteiger charge is 2.19. The first kappa shape index (κ1) is 14.5. The molecule has 2 rings (SSSR count). The molecule has 0 unspecified atom stereocenters. The molecule has 0 spiro atoms. The minimum absolute atomic E-state index is 0.811. The van der Waals surface area contributed by atoms with Gasteiger partial charge in [-0.05, 0) is 33.4 Å². The minimum Gasteiger partial charge on any atom is -0.360 e. The van der Waals surface area contributed by atoms with Gasteiger partial charge in [-0.25, -0.2) is 0 Å². The van der Waals surface area contributed by atoms with Crippen LogP contribution in [0.4, 0.5) is 0 Å². The van der Waals surface area contributed by atoms with Gasteiger partial charge in [0, 0.05) is 25.2 Å². The molecule has 0 radical (unpaired) electrons. The van der Waals surface area contributed by atoms with Gasteiger partial charge in [-0.2, -0.15) is 0 Å². The number of nitrogens with zero attached hydrogens (tertiary/aromatic N) is 3. The number of hydrogen-bond donors (Lipinski definition) is 0. The van der Waals surface area contributed by atoms with E-state index in [9.17, 15) is 0 Å². The van der Waals surface area contributed by atoms with Gasteiger partial charge in [0.25, 0.3) is 0 Å². The van der Waals surface area contributed by atoms with Crippen LogP contribution in [-0.4, -0.2) is 48.2 Å². The molecule has 1 aliphatic carbocycles. The summed E-state index contributed by atoms with van der Waals surface area (Å²) in [6, 6.07) is 2.88. The monoisotopic (exact) mass is 265 g/mol. The Morgan fingerprint density at radius 3 is 2.63 bits per heavy atom. The van der Waals surface area contributed by atoms with E-state index in [0.29, 0.717) is 0 Å². The van der Waals surface area contributed by atoms with Crippen molar-refractivity contribution in [1.82, 2.24) is 15.0 Å². The average Bonchev–Trinajstić information content (AvgIpc) is 3.06. The van der Waals surface area contributed by atoms with Crippen LogP contribution in [0.5, 0.6) is 0 Å². The van der Waals surface area contributed by atoms with Crippen molar-refractivity contribution in [1.29, 1.82) is 0 Å². The highest BCUT2D eigenvalue weighted by Crippen LogP contribution is 2.22. The van der Waals surface area contributed by atoms with E-state index in [0.717, 1.165) is 43.6 Å². The topological polar surface area (TPSA) is 32.5 Å². The van der Waals surface area contributed by atoms with Crippen LogP contribution in [0, 0.1) is 0 Å². The first-order valence-corrected chi connectivity index (χ1v) is 7.52. The number of likely N-dealkylation sites (N-methyl/N-ethyl adjacent to an activating group) is 2. The van der Waals surface area contributed by atoms with Crippen LogP contribution >= 0.6 is 0 Å². The van der Waals surface area contributed by atoms with E-state index in [2.05, 4.69) is 42.0 Å². The summed E-state index contributed by atoms with van der Waals surface area (Å²) in [5, 5.41) is 4.03. The van der Waals surface area contributed by atoms with Gasteiger partial charge in [-0.15, -0.1) is 0 Å². The van der Waals surface area contributed by atoms with Gasteiger partial charge in [-0.1, -0.05) is 24.9 Å². The molecule has 0 aliphatic heterocycles. The number of aromatic nitrogens is 1. The van der Waals surface area contributed by atoms with Gasteiger partial charge < -0.3 is 9.42 Å². The average molecular weight is 265 g/mol. The third-order valence-corrected chi connectivity index (χ3v) is 4.18. The Hall–Kier alpha value is -0.870. The summed E-state index contributed by atoms with van der Waals surface area (Å²) in [4.78, 5) is 4.83. The van der Waals surface area contributed by atoms with Crippen molar-refractivity contribution in [2.75, 3.05) is 27.2 Å². The van der Waals surface area contributed by atoms with E-state index >= 15 is 0 Å². The van der Waals surface area contributed by atoms with E-state index in [1.807, 2.05) is 0 Å². The van der Waals surface area contributed by atoms with Crippen LogP contribution in [0.2, 0.25) is 0 Å². The SMILES string of the molecule is CCc1cc(CN(C)CCN(C)C2CCCC2)on1. The second kappa shape index (κ2) is 7.06. The Kier molecular flexibility index (Phi) is 5.40. The smallest absolute Gasteiger partial charge is 0.150 e. The van der Waals surface area contributed by atoms with E-state index < -0.39 is 0 Å². The molecule has 0 atom stereocenters. The molecule has 1 saturated carbocycles. The molecule has 0 aromatic carbocycles. The summed E-state index contributed by atoms with van der Waals surface area (Å²) < 4.78 is 5.33. The Morgan fingerprint density at radius 2 is 2.00 bits per heavy atom. The zero-order valence-electron chi connectivity index (χ0n) is 12.6. The Balaban J connectivity index is 1.70. The summed E-state index contributed by atoms with van der Waals surface area (Å²) in [5.41, 5.74) is 1.05. The third kappa shape index (κ3) is 4.32. The molecule has 0 amide bonds. The van der Waals surface area contributed by atoms with Gasteiger partial charge in [0.1, 0.15) is 0 Å². The second-order valence-corrected chi connectivity index (χ2v) is 5.79. The fourth-order valence-electron chi connectivity index (χ4n) is 2.80. The standard InChI is InChI=1S/C15H27N3O/c1-4-13-11-15(19-16-13)12-17(2)9-10-18(3)14-7-5-6-8-14/h11,14H,4-10,12H2,1-3H3. The van der Waals surface area contributed by atoms with Crippen LogP contribution in [0.15, 0.2) is 10.6 Å². The summed E-state index contributed by atoms with van der Waals surface area (Å²) in [7, 11) is 4.41. The fourth-order valence-corrected chi connectivity index (χ4v) is 2.80. The number of hydrogen-bond acceptors (Lipinski definition) is 4. The van der Waals surface area contributed by atoms with Crippen molar-refractivity contribution < 1.29 is 4.52 Å². The maximum Gasteiger partial charge on any atom is 0.150 e. The highest BCUT2D eigenvalue weighted by molar-refractivity contribution is 5.04. The molecule has 1 aromatic rings. The van der Waals surface area contributed by atoms with Crippen LogP contribution in [0.1, 0.15) is 44.1 Å². The molecule has 4 nitrogen and oxygen atoms in total. The van der Waals surface area contributed by atoms with Crippen LogP contribution in [-0.2, 0) is 13.0 Å². The lowest BCUT2D eigenvalue weighted by Gasteiger charge is -2.26. The quantitative estimate of drug-likeness (QED) is 0.758. The second-order valence-electron chi connectivity index (χ2n) is 5.79. The zero-order valence-corrected chi connectivity index (χ0v) is 12.6. The van der Waals surface area contributed by atoms with Crippen LogP contribution < -0.4 is 0 Å². The van der Waals surface area contributed by atoms with Gasteiger partial charge in [-0.3, -0.25) is 4.90 Å². The van der Waals surface area contributed by atoms with Crippen molar-refractivity contribution in [3.63, 3.8) is 0 Å². The maximum atomic E-state index is 5.33. The largest absolute Gasteiger partial charge is 0.360 e. The molecular weight excluding hydrogens is 238 g/mol. The molecule has 19 heavy (non-hydrogen) atoms. The summed E-state index contributed by atoms with van der Waals surface area (Å²) >= 11 is 0. The predicted octanol–water partition coefficient (Wildman–Crippen LogP) is 2.54. The normalized spacial score (nSPS) is 16.9. The third-order valence-electron chi connectivity index (χ3n) is 4.18. The Bertz CT molecular complexity index is 371. The molecular formula is C15H27N3O. The van der Waals surface area contributed by atoms with E-state index in [1.165, 1.54) is 25.7 Å². The van der Waals surface area contributed by atoms with E-state index in [1.54, 1.807) is 0 Å². The van der Waals surface area contributed by atoms with Gasteiger partial charge in [0.2, 0.25) is 0 Å². The lowest BCUT2D eigenvalue weighted by atomic mass is 10.2.